The fraction of sp³-hybridized carbons (Fsp3) is 0.588. The van der Waals surface area contributed by atoms with Gasteiger partial charge in [0.25, 0.3) is 0 Å². The molecule has 0 aliphatic carbocycles. The van der Waals surface area contributed by atoms with Crippen molar-refractivity contribution in [3.05, 3.63) is 34.9 Å². The van der Waals surface area contributed by atoms with Gasteiger partial charge >= 0.3 is 0 Å². The van der Waals surface area contributed by atoms with Crippen molar-refractivity contribution in [1.82, 2.24) is 10.6 Å². The van der Waals surface area contributed by atoms with Crippen LogP contribution in [0.2, 0.25) is 0 Å². The predicted octanol–water partition coefficient (Wildman–Crippen LogP) is 2.06. The van der Waals surface area contributed by atoms with Gasteiger partial charge in [0.2, 0.25) is 5.91 Å². The predicted molar refractivity (Wildman–Crippen MR) is 80.8 cm³/mol. The maximum Gasteiger partial charge on any atom is 0.224 e. The Hall–Kier alpha value is -1.35. The Balaban J connectivity index is 2.04. The molecule has 2 aliphatic heterocycles. The van der Waals surface area contributed by atoms with E-state index in [4.69, 9.17) is 0 Å². The normalized spacial score (nSPS) is 25.5. The molecule has 3 nitrogen and oxygen atoms in total. The quantitative estimate of drug-likeness (QED) is 0.865. The molecule has 1 aromatic rings. The Morgan fingerprint density at radius 1 is 1.10 bits per heavy atom. The highest BCUT2D eigenvalue weighted by Gasteiger charge is 2.46. The summed E-state index contributed by atoms with van der Waals surface area (Å²) in [6.45, 7) is 7.18. The average Bonchev–Trinajstić information content (AvgIpc) is 2.89. The van der Waals surface area contributed by atoms with Crippen molar-refractivity contribution in [2.24, 2.45) is 5.92 Å². The summed E-state index contributed by atoms with van der Waals surface area (Å²) in [5, 5.41) is 6.47. The number of hydrogen-bond acceptors (Lipinski definition) is 2. The third-order valence-electron chi connectivity index (χ3n) is 5.29. The standard InChI is InChI=1S/C17H24N2O/c1-12-3-4-14(11-13(12)2)17(6-9-18-10-7-17)15-5-8-19-16(15)20/h3-4,11,15,18H,5-10H2,1-2H3,(H,19,20). The third-order valence-corrected chi connectivity index (χ3v) is 5.29. The van der Waals surface area contributed by atoms with Crippen molar-refractivity contribution >= 4 is 5.91 Å². The number of hydrogen-bond donors (Lipinski definition) is 2. The van der Waals surface area contributed by atoms with Crippen molar-refractivity contribution in [3.63, 3.8) is 0 Å². The van der Waals surface area contributed by atoms with Gasteiger partial charge in [0.15, 0.2) is 0 Å². The lowest BCUT2D eigenvalue weighted by Gasteiger charge is -2.42. The largest absolute Gasteiger partial charge is 0.356 e. The van der Waals surface area contributed by atoms with Crippen LogP contribution in [0, 0.1) is 19.8 Å². The molecule has 3 rings (SSSR count). The fourth-order valence-corrected chi connectivity index (χ4v) is 3.88. The highest BCUT2D eigenvalue weighted by molar-refractivity contribution is 5.82. The first-order valence-electron chi connectivity index (χ1n) is 7.70. The Labute approximate surface area is 121 Å². The number of rotatable bonds is 2. The number of nitrogens with one attached hydrogen (secondary N) is 2. The van der Waals surface area contributed by atoms with Crippen molar-refractivity contribution in [1.29, 1.82) is 0 Å². The first-order valence-corrected chi connectivity index (χ1v) is 7.70. The molecule has 2 saturated heterocycles. The van der Waals surface area contributed by atoms with Crippen LogP contribution in [0.3, 0.4) is 0 Å². The molecule has 1 amide bonds. The zero-order valence-electron chi connectivity index (χ0n) is 12.5. The van der Waals surface area contributed by atoms with Crippen LogP contribution in [0.4, 0.5) is 0 Å². The van der Waals surface area contributed by atoms with Gasteiger partial charge in [-0.3, -0.25) is 4.79 Å². The topological polar surface area (TPSA) is 41.1 Å². The molecule has 0 saturated carbocycles. The van der Waals surface area contributed by atoms with Crippen LogP contribution in [-0.4, -0.2) is 25.5 Å². The van der Waals surface area contributed by atoms with E-state index in [0.29, 0.717) is 0 Å². The molecule has 2 heterocycles. The van der Waals surface area contributed by atoms with Gasteiger partial charge in [0, 0.05) is 17.9 Å². The molecule has 0 spiro atoms. The second kappa shape index (κ2) is 5.21. The van der Waals surface area contributed by atoms with Gasteiger partial charge in [-0.15, -0.1) is 0 Å². The van der Waals surface area contributed by atoms with Crippen molar-refractivity contribution in [3.8, 4) is 0 Å². The number of carbonyl (C=O) groups is 1. The van der Waals surface area contributed by atoms with Crippen molar-refractivity contribution < 1.29 is 4.79 Å². The zero-order valence-corrected chi connectivity index (χ0v) is 12.5. The molecule has 3 heteroatoms. The molecule has 1 atom stereocenters. The molecule has 0 radical (unpaired) electrons. The van der Waals surface area contributed by atoms with Crippen molar-refractivity contribution in [2.45, 2.75) is 38.5 Å². The second-order valence-electron chi connectivity index (χ2n) is 6.34. The Morgan fingerprint density at radius 2 is 1.85 bits per heavy atom. The summed E-state index contributed by atoms with van der Waals surface area (Å²) in [4.78, 5) is 12.3. The minimum atomic E-state index is 0.0320. The molecule has 1 aromatic carbocycles. The maximum atomic E-state index is 12.3. The minimum Gasteiger partial charge on any atom is -0.356 e. The van der Waals surface area contributed by atoms with Gasteiger partial charge in [-0.05, 0) is 62.9 Å². The van der Waals surface area contributed by atoms with E-state index < -0.39 is 0 Å². The number of amides is 1. The molecule has 20 heavy (non-hydrogen) atoms. The first-order chi connectivity index (χ1) is 9.63. The number of aryl methyl sites for hydroxylation is 2. The molecule has 2 aliphatic rings. The van der Waals surface area contributed by atoms with Crippen LogP contribution in [0.15, 0.2) is 18.2 Å². The van der Waals surface area contributed by atoms with E-state index in [0.717, 1.165) is 38.9 Å². The van der Waals surface area contributed by atoms with Crippen LogP contribution in [-0.2, 0) is 10.2 Å². The Bertz CT molecular complexity index is 518. The highest BCUT2D eigenvalue weighted by Crippen LogP contribution is 2.44. The van der Waals surface area contributed by atoms with Crippen LogP contribution in [0.1, 0.15) is 36.0 Å². The van der Waals surface area contributed by atoms with E-state index >= 15 is 0 Å². The first kappa shape index (κ1) is 13.6. The van der Waals surface area contributed by atoms with Crippen LogP contribution in [0.25, 0.3) is 0 Å². The van der Waals surface area contributed by atoms with Gasteiger partial charge in [-0.2, -0.15) is 0 Å². The lowest BCUT2D eigenvalue weighted by Crippen LogP contribution is -2.47. The molecule has 0 aromatic heterocycles. The fourth-order valence-electron chi connectivity index (χ4n) is 3.88. The number of benzene rings is 1. The third kappa shape index (κ3) is 2.14. The molecule has 0 bridgehead atoms. The van der Waals surface area contributed by atoms with E-state index in [2.05, 4.69) is 42.7 Å². The molecule has 1 unspecified atom stereocenters. The molecular formula is C17H24N2O. The average molecular weight is 272 g/mol. The second-order valence-corrected chi connectivity index (χ2v) is 6.34. The molecule has 2 N–H and O–H groups in total. The summed E-state index contributed by atoms with van der Waals surface area (Å²) < 4.78 is 0. The van der Waals surface area contributed by atoms with Gasteiger partial charge in [-0.1, -0.05) is 18.2 Å². The number of piperidine rings is 1. The van der Waals surface area contributed by atoms with E-state index in [1.807, 2.05) is 0 Å². The highest BCUT2D eigenvalue weighted by atomic mass is 16.2. The zero-order chi connectivity index (χ0) is 14.2. The van der Waals surface area contributed by atoms with Crippen molar-refractivity contribution in [2.75, 3.05) is 19.6 Å². The monoisotopic (exact) mass is 272 g/mol. The Kier molecular flexibility index (Phi) is 3.55. The lowest BCUT2D eigenvalue weighted by atomic mass is 9.64. The van der Waals surface area contributed by atoms with Gasteiger partial charge in [0.05, 0.1) is 0 Å². The van der Waals surface area contributed by atoms with Gasteiger partial charge in [-0.25, -0.2) is 0 Å². The maximum absolute atomic E-state index is 12.3. The summed E-state index contributed by atoms with van der Waals surface area (Å²) in [7, 11) is 0. The van der Waals surface area contributed by atoms with Gasteiger partial charge in [0.1, 0.15) is 0 Å². The summed E-state index contributed by atoms with van der Waals surface area (Å²) in [6.07, 6.45) is 3.10. The molecule has 108 valence electrons. The van der Waals surface area contributed by atoms with E-state index in [1.165, 1.54) is 16.7 Å². The van der Waals surface area contributed by atoms with Crippen LogP contribution >= 0.6 is 0 Å². The summed E-state index contributed by atoms with van der Waals surface area (Å²) >= 11 is 0. The van der Waals surface area contributed by atoms with Gasteiger partial charge < -0.3 is 10.6 Å². The minimum absolute atomic E-state index is 0.0320. The Morgan fingerprint density at radius 3 is 2.45 bits per heavy atom. The van der Waals surface area contributed by atoms with Crippen LogP contribution in [0.5, 0.6) is 0 Å². The SMILES string of the molecule is Cc1ccc(C2(C3CCNC3=O)CCNCC2)cc1C. The number of carbonyl (C=O) groups excluding carboxylic acids is 1. The summed E-state index contributed by atoms with van der Waals surface area (Å²) in [6, 6.07) is 6.77. The smallest absolute Gasteiger partial charge is 0.224 e. The van der Waals surface area contributed by atoms with E-state index in [1.54, 1.807) is 0 Å². The van der Waals surface area contributed by atoms with E-state index in [-0.39, 0.29) is 17.2 Å². The summed E-state index contributed by atoms with van der Waals surface area (Å²) in [5.74, 6) is 0.400. The summed E-state index contributed by atoms with van der Waals surface area (Å²) in [5.41, 5.74) is 4.06. The van der Waals surface area contributed by atoms with E-state index in [9.17, 15) is 4.79 Å². The van der Waals surface area contributed by atoms with Crippen LogP contribution < -0.4 is 10.6 Å². The lowest BCUT2D eigenvalue weighted by molar-refractivity contribution is -0.124. The molecular weight excluding hydrogens is 248 g/mol. The molecule has 2 fully saturated rings.